The maximum absolute atomic E-state index is 13.1. The lowest BCUT2D eigenvalue weighted by molar-refractivity contribution is -0.455. The third-order valence-corrected chi connectivity index (χ3v) is 5.40. The minimum atomic E-state index is -0.991. The Morgan fingerprint density at radius 1 is 0.970 bits per heavy atom. The molecule has 0 bridgehead atoms. The monoisotopic (exact) mass is 455 g/mol. The minimum absolute atomic E-state index is 0.0324. The molecular weight excluding hydrogens is 428 g/mol. The number of hydrogen-bond acceptors (Lipinski definition) is 7. The van der Waals surface area contributed by atoms with Gasteiger partial charge in [-0.1, -0.05) is 30.3 Å². The fourth-order valence-electron chi connectivity index (χ4n) is 3.89. The zero-order valence-electron chi connectivity index (χ0n) is 18.8. The number of methoxy groups -OCH3 is 1. The Balaban J connectivity index is 1.80. The summed E-state index contributed by atoms with van der Waals surface area (Å²) < 4.78 is 15.1. The van der Waals surface area contributed by atoms with Crippen molar-refractivity contribution in [3.63, 3.8) is 0 Å². The molecule has 0 saturated heterocycles. The smallest absolute Gasteiger partial charge is 0.328 e. The predicted molar refractivity (Wildman–Crippen MR) is 116 cm³/mol. The maximum atomic E-state index is 13.1. The van der Waals surface area contributed by atoms with Crippen molar-refractivity contribution in [2.75, 3.05) is 7.11 Å². The van der Waals surface area contributed by atoms with Crippen LogP contribution in [0.2, 0.25) is 0 Å². The molecule has 9 nitrogen and oxygen atoms in total. The number of amides is 1. The highest BCUT2D eigenvalue weighted by molar-refractivity contribution is 5.90. The van der Waals surface area contributed by atoms with Crippen LogP contribution >= 0.6 is 0 Å². The molecule has 3 rings (SSSR count). The van der Waals surface area contributed by atoms with E-state index in [0.717, 1.165) is 11.1 Å². The molecule has 0 unspecified atom stereocenters. The summed E-state index contributed by atoms with van der Waals surface area (Å²) in [6.07, 6.45) is 1.00. The van der Waals surface area contributed by atoms with Gasteiger partial charge in [0.1, 0.15) is 6.04 Å². The van der Waals surface area contributed by atoms with Crippen molar-refractivity contribution in [1.29, 1.82) is 0 Å². The van der Waals surface area contributed by atoms with E-state index in [-0.39, 0.29) is 23.8 Å². The van der Waals surface area contributed by atoms with Crippen LogP contribution in [-0.2, 0) is 43.2 Å². The molecule has 0 radical (unpaired) electrons. The molecule has 0 aromatic heterocycles. The number of ether oxygens (including phenoxy) is 3. The van der Waals surface area contributed by atoms with Gasteiger partial charge >= 0.3 is 17.9 Å². The van der Waals surface area contributed by atoms with Crippen molar-refractivity contribution in [3.8, 4) is 11.5 Å². The lowest BCUT2D eigenvalue weighted by Crippen LogP contribution is -2.80. The summed E-state index contributed by atoms with van der Waals surface area (Å²) in [6, 6.07) is 11.3. The number of quaternary nitrogens is 1. The fraction of sp³-hybridized carbons (Fsp3) is 0.333. The van der Waals surface area contributed by atoms with Gasteiger partial charge < -0.3 is 25.3 Å². The molecule has 2 aromatic carbocycles. The van der Waals surface area contributed by atoms with Gasteiger partial charge in [-0.05, 0) is 28.8 Å². The van der Waals surface area contributed by atoms with Crippen LogP contribution in [0.4, 0.5) is 0 Å². The van der Waals surface area contributed by atoms with E-state index in [4.69, 9.17) is 14.2 Å². The SMILES string of the molecule is COC(=O)[C@H](Cc1ccc(OC(C)=O)c(OC(C)=O)c1)NC(=O)C1([NH3+])Cc2ccccc2C1. The molecule has 0 aliphatic heterocycles. The van der Waals surface area contributed by atoms with E-state index in [9.17, 15) is 19.2 Å². The van der Waals surface area contributed by atoms with Crippen molar-refractivity contribution < 1.29 is 39.1 Å². The van der Waals surface area contributed by atoms with Crippen molar-refractivity contribution in [1.82, 2.24) is 5.32 Å². The van der Waals surface area contributed by atoms with Crippen LogP contribution in [0.3, 0.4) is 0 Å². The van der Waals surface area contributed by atoms with E-state index in [1.807, 2.05) is 24.3 Å². The van der Waals surface area contributed by atoms with Gasteiger partial charge in [0.15, 0.2) is 17.0 Å². The second-order valence-corrected chi connectivity index (χ2v) is 8.12. The van der Waals surface area contributed by atoms with Crippen LogP contribution in [0.5, 0.6) is 11.5 Å². The van der Waals surface area contributed by atoms with Crippen LogP contribution < -0.4 is 20.5 Å². The van der Waals surface area contributed by atoms with Gasteiger partial charge in [0.25, 0.3) is 5.91 Å². The van der Waals surface area contributed by atoms with Gasteiger partial charge in [-0.3, -0.25) is 14.4 Å². The van der Waals surface area contributed by atoms with Gasteiger partial charge in [-0.2, -0.15) is 0 Å². The van der Waals surface area contributed by atoms with Crippen molar-refractivity contribution in [2.24, 2.45) is 0 Å². The van der Waals surface area contributed by atoms with E-state index < -0.39 is 29.5 Å². The van der Waals surface area contributed by atoms with Gasteiger partial charge in [0.05, 0.1) is 7.11 Å². The Kier molecular flexibility index (Phi) is 7.13. The van der Waals surface area contributed by atoms with E-state index in [2.05, 4.69) is 11.1 Å². The van der Waals surface area contributed by atoms with Crippen molar-refractivity contribution >= 4 is 23.8 Å². The molecule has 0 spiro atoms. The first-order valence-corrected chi connectivity index (χ1v) is 10.4. The highest BCUT2D eigenvalue weighted by atomic mass is 16.6. The van der Waals surface area contributed by atoms with Crippen molar-refractivity contribution in [2.45, 2.75) is 44.7 Å². The first-order chi connectivity index (χ1) is 15.6. The minimum Gasteiger partial charge on any atom is -0.467 e. The van der Waals surface area contributed by atoms with Crippen LogP contribution in [0.25, 0.3) is 0 Å². The molecule has 0 saturated carbocycles. The first-order valence-electron chi connectivity index (χ1n) is 10.4. The molecule has 0 fully saturated rings. The number of fused-ring (bicyclic) bond motifs is 1. The molecule has 2 aromatic rings. The molecular formula is C24H27N2O7+. The van der Waals surface area contributed by atoms with E-state index in [0.29, 0.717) is 18.4 Å². The molecule has 1 aliphatic rings. The van der Waals surface area contributed by atoms with Gasteiger partial charge in [-0.15, -0.1) is 0 Å². The summed E-state index contributed by atoms with van der Waals surface area (Å²) in [7, 11) is 1.24. The Morgan fingerprint density at radius 2 is 1.55 bits per heavy atom. The second kappa shape index (κ2) is 9.83. The number of benzene rings is 2. The molecule has 4 N–H and O–H groups in total. The summed E-state index contributed by atoms with van der Waals surface area (Å²) in [5, 5.41) is 2.77. The molecule has 0 heterocycles. The van der Waals surface area contributed by atoms with Crippen LogP contribution in [-0.4, -0.2) is 42.5 Å². The average molecular weight is 455 g/mol. The number of hydrogen-bond donors (Lipinski definition) is 2. The van der Waals surface area contributed by atoms with Crippen LogP contribution in [0.1, 0.15) is 30.5 Å². The predicted octanol–water partition coefficient (Wildman–Crippen LogP) is 0.517. The maximum Gasteiger partial charge on any atom is 0.328 e. The standard InChI is InChI=1S/C24H26N2O7/c1-14(27)32-20-9-8-16(11-21(20)33-15(2)28)10-19(22(29)31-3)26-23(30)24(25)12-17-6-4-5-7-18(17)13-24/h4-9,11,19H,10,12-13,25H2,1-3H3,(H,26,30)/p+1/t19-/m0/s1. The summed E-state index contributed by atoms with van der Waals surface area (Å²) in [6.45, 7) is 2.44. The van der Waals surface area contributed by atoms with Gasteiger partial charge in [0.2, 0.25) is 0 Å². The van der Waals surface area contributed by atoms with E-state index >= 15 is 0 Å². The molecule has 9 heteroatoms. The molecule has 1 atom stereocenters. The number of esters is 3. The summed E-state index contributed by atoms with van der Waals surface area (Å²) in [4.78, 5) is 48.4. The van der Waals surface area contributed by atoms with Gasteiger partial charge in [-0.25, -0.2) is 4.79 Å². The largest absolute Gasteiger partial charge is 0.467 e. The topological polar surface area (TPSA) is 136 Å². The molecule has 1 aliphatic carbocycles. The number of nitrogens with one attached hydrogen (secondary N) is 1. The number of carbonyl (C=O) groups excluding carboxylic acids is 4. The first kappa shape index (κ1) is 23.9. The summed E-state index contributed by atoms with van der Waals surface area (Å²) >= 11 is 0. The Bertz CT molecular complexity index is 1070. The third-order valence-electron chi connectivity index (χ3n) is 5.40. The quantitative estimate of drug-likeness (QED) is 0.459. The highest BCUT2D eigenvalue weighted by Gasteiger charge is 2.45. The average Bonchev–Trinajstić information content (AvgIpc) is 3.11. The normalized spacial score (nSPS) is 14.5. The molecule has 33 heavy (non-hydrogen) atoms. The Labute approximate surface area is 191 Å². The lowest BCUT2D eigenvalue weighted by atomic mass is 9.95. The Hall–Kier alpha value is -3.72. The van der Waals surface area contributed by atoms with Crippen LogP contribution in [0, 0.1) is 0 Å². The number of carbonyl (C=O) groups is 4. The summed E-state index contributed by atoms with van der Waals surface area (Å²) in [5.74, 6) is -2.05. The van der Waals surface area contributed by atoms with E-state index in [1.165, 1.54) is 33.1 Å². The van der Waals surface area contributed by atoms with Crippen molar-refractivity contribution in [3.05, 3.63) is 59.2 Å². The van der Waals surface area contributed by atoms with Gasteiger partial charge in [0, 0.05) is 33.1 Å². The molecule has 1 amide bonds. The zero-order chi connectivity index (χ0) is 24.2. The fourth-order valence-corrected chi connectivity index (χ4v) is 3.89. The van der Waals surface area contributed by atoms with Crippen LogP contribution in [0.15, 0.2) is 42.5 Å². The Morgan fingerprint density at radius 3 is 2.09 bits per heavy atom. The highest BCUT2D eigenvalue weighted by Crippen LogP contribution is 2.30. The second-order valence-electron chi connectivity index (χ2n) is 8.12. The summed E-state index contributed by atoms with van der Waals surface area (Å²) in [5.41, 5.74) is 5.89. The van der Waals surface area contributed by atoms with E-state index in [1.54, 1.807) is 6.07 Å². The molecule has 174 valence electrons. The third kappa shape index (κ3) is 5.75. The lowest BCUT2D eigenvalue weighted by Gasteiger charge is -2.23. The zero-order valence-corrected chi connectivity index (χ0v) is 18.8. The number of rotatable bonds is 7.